The molecular weight excluding hydrogens is 246 g/mol. The summed E-state index contributed by atoms with van der Waals surface area (Å²) >= 11 is 0. The number of hydrogen-bond donors (Lipinski definition) is 1. The highest BCUT2D eigenvalue weighted by molar-refractivity contribution is 5.88. The van der Waals surface area contributed by atoms with Crippen molar-refractivity contribution in [3.05, 3.63) is 35.9 Å². The molecule has 19 heavy (non-hydrogen) atoms. The van der Waals surface area contributed by atoms with Crippen LogP contribution in [-0.4, -0.2) is 17.7 Å². The molecule has 0 radical (unpaired) electrons. The molecule has 1 saturated carbocycles. The molecular formula is C14H17NO4. The quantitative estimate of drug-likeness (QED) is 0.667. The zero-order valence-corrected chi connectivity index (χ0v) is 10.6. The van der Waals surface area contributed by atoms with Crippen LogP contribution in [0.2, 0.25) is 0 Å². The van der Waals surface area contributed by atoms with Gasteiger partial charge in [-0.25, -0.2) is 9.59 Å². The standard InChI is InChI=1S/C14H17NO4/c15-14(8-4-5-9-14)12(16)19-13(17)18-10-11-6-2-1-3-7-11/h1-3,6-7H,4-5,8-10,15H2. The number of ether oxygens (including phenoxy) is 2. The van der Waals surface area contributed by atoms with E-state index in [1.807, 2.05) is 30.3 Å². The van der Waals surface area contributed by atoms with Crippen LogP contribution in [0.15, 0.2) is 30.3 Å². The zero-order chi connectivity index (χ0) is 13.7. The van der Waals surface area contributed by atoms with E-state index >= 15 is 0 Å². The van der Waals surface area contributed by atoms with Crippen molar-refractivity contribution < 1.29 is 19.1 Å². The molecule has 5 nitrogen and oxygen atoms in total. The van der Waals surface area contributed by atoms with E-state index in [2.05, 4.69) is 4.74 Å². The van der Waals surface area contributed by atoms with Crippen LogP contribution >= 0.6 is 0 Å². The van der Waals surface area contributed by atoms with Crippen LogP contribution in [0.1, 0.15) is 31.2 Å². The first-order valence-corrected chi connectivity index (χ1v) is 6.32. The molecule has 2 N–H and O–H groups in total. The molecule has 5 heteroatoms. The Morgan fingerprint density at radius 3 is 2.42 bits per heavy atom. The molecule has 0 aromatic heterocycles. The first-order chi connectivity index (χ1) is 9.10. The number of esters is 1. The van der Waals surface area contributed by atoms with E-state index in [0.29, 0.717) is 12.8 Å². The van der Waals surface area contributed by atoms with Crippen molar-refractivity contribution in [2.24, 2.45) is 5.73 Å². The lowest BCUT2D eigenvalue weighted by Crippen LogP contribution is -2.47. The highest BCUT2D eigenvalue weighted by Crippen LogP contribution is 2.28. The normalized spacial score (nSPS) is 16.9. The maximum absolute atomic E-state index is 11.7. The fraction of sp³-hybridized carbons (Fsp3) is 0.429. The van der Waals surface area contributed by atoms with Gasteiger partial charge in [0.05, 0.1) is 0 Å². The fourth-order valence-electron chi connectivity index (χ4n) is 2.13. The Balaban J connectivity index is 1.80. The van der Waals surface area contributed by atoms with Crippen molar-refractivity contribution in [1.29, 1.82) is 0 Å². The zero-order valence-electron chi connectivity index (χ0n) is 10.6. The van der Waals surface area contributed by atoms with Crippen molar-refractivity contribution in [2.75, 3.05) is 0 Å². The topological polar surface area (TPSA) is 78.6 Å². The summed E-state index contributed by atoms with van der Waals surface area (Å²) in [6.45, 7) is 0.0739. The molecule has 0 aliphatic heterocycles. The first kappa shape index (κ1) is 13.5. The van der Waals surface area contributed by atoms with Gasteiger partial charge in [-0.1, -0.05) is 43.2 Å². The summed E-state index contributed by atoms with van der Waals surface area (Å²) in [6.07, 6.45) is 1.87. The minimum atomic E-state index is -1.02. The van der Waals surface area contributed by atoms with Crippen molar-refractivity contribution in [2.45, 2.75) is 37.8 Å². The molecule has 2 rings (SSSR count). The van der Waals surface area contributed by atoms with Gasteiger partial charge >= 0.3 is 12.1 Å². The molecule has 0 heterocycles. The number of benzene rings is 1. The molecule has 102 valence electrons. The highest BCUT2D eigenvalue weighted by Gasteiger charge is 2.40. The summed E-state index contributed by atoms with van der Waals surface area (Å²) in [5, 5.41) is 0. The van der Waals surface area contributed by atoms with Gasteiger partial charge in [0.25, 0.3) is 0 Å². The van der Waals surface area contributed by atoms with E-state index in [9.17, 15) is 9.59 Å². The van der Waals surface area contributed by atoms with Crippen LogP contribution in [0.25, 0.3) is 0 Å². The predicted octanol–water partition coefficient (Wildman–Crippen LogP) is 2.14. The fourth-order valence-corrected chi connectivity index (χ4v) is 2.13. The predicted molar refractivity (Wildman–Crippen MR) is 68.1 cm³/mol. The van der Waals surface area contributed by atoms with Gasteiger partial charge in [-0.05, 0) is 18.4 Å². The molecule has 0 amide bonds. The van der Waals surface area contributed by atoms with Crippen molar-refractivity contribution in [3.63, 3.8) is 0 Å². The van der Waals surface area contributed by atoms with E-state index in [1.54, 1.807) is 0 Å². The summed E-state index contributed by atoms with van der Waals surface area (Å²) in [6, 6.07) is 9.17. The van der Waals surface area contributed by atoms with E-state index in [1.165, 1.54) is 0 Å². The van der Waals surface area contributed by atoms with Gasteiger partial charge in [-0.15, -0.1) is 0 Å². The largest absolute Gasteiger partial charge is 0.516 e. The average molecular weight is 263 g/mol. The van der Waals surface area contributed by atoms with Gasteiger partial charge in [-0.3, -0.25) is 0 Å². The second kappa shape index (κ2) is 5.84. The summed E-state index contributed by atoms with van der Waals surface area (Å²) in [4.78, 5) is 23.1. The minimum Gasteiger partial charge on any atom is -0.429 e. The minimum absolute atomic E-state index is 0.0739. The lowest BCUT2D eigenvalue weighted by atomic mass is 10.00. The van der Waals surface area contributed by atoms with Crippen LogP contribution in [0.5, 0.6) is 0 Å². The molecule has 1 fully saturated rings. The Kier molecular flexibility index (Phi) is 4.16. The second-order valence-electron chi connectivity index (χ2n) is 4.78. The maximum Gasteiger partial charge on any atom is 0.516 e. The van der Waals surface area contributed by atoms with E-state index in [-0.39, 0.29) is 6.61 Å². The molecule has 0 saturated heterocycles. The smallest absolute Gasteiger partial charge is 0.429 e. The van der Waals surface area contributed by atoms with Crippen LogP contribution in [-0.2, 0) is 20.9 Å². The van der Waals surface area contributed by atoms with Gasteiger partial charge in [0.1, 0.15) is 12.1 Å². The summed E-state index contributed by atoms with van der Waals surface area (Å²) in [5.74, 6) is -0.692. The summed E-state index contributed by atoms with van der Waals surface area (Å²) in [7, 11) is 0. The number of rotatable bonds is 3. The SMILES string of the molecule is NC1(C(=O)OC(=O)OCc2ccccc2)CCCC1. The Hall–Kier alpha value is -1.88. The Bertz CT molecular complexity index is 452. The van der Waals surface area contributed by atoms with Gasteiger partial charge < -0.3 is 15.2 Å². The lowest BCUT2D eigenvalue weighted by Gasteiger charge is -2.19. The van der Waals surface area contributed by atoms with Crippen LogP contribution in [0.4, 0.5) is 4.79 Å². The third-order valence-electron chi connectivity index (χ3n) is 3.28. The maximum atomic E-state index is 11.7. The van der Waals surface area contributed by atoms with Crippen molar-refractivity contribution in [3.8, 4) is 0 Å². The van der Waals surface area contributed by atoms with Gasteiger partial charge in [0, 0.05) is 0 Å². The van der Waals surface area contributed by atoms with E-state index < -0.39 is 17.7 Å². The number of hydrogen-bond acceptors (Lipinski definition) is 5. The van der Waals surface area contributed by atoms with Gasteiger partial charge in [0.15, 0.2) is 0 Å². The number of nitrogens with two attached hydrogens (primary N) is 1. The Morgan fingerprint density at radius 2 is 1.79 bits per heavy atom. The molecule has 0 spiro atoms. The van der Waals surface area contributed by atoms with Crippen molar-refractivity contribution >= 4 is 12.1 Å². The monoisotopic (exact) mass is 263 g/mol. The Morgan fingerprint density at radius 1 is 1.16 bits per heavy atom. The van der Waals surface area contributed by atoms with Crippen LogP contribution < -0.4 is 5.73 Å². The summed E-state index contributed by atoms with van der Waals surface area (Å²) < 4.78 is 9.50. The van der Waals surface area contributed by atoms with E-state index in [4.69, 9.17) is 10.5 Å². The van der Waals surface area contributed by atoms with Crippen LogP contribution in [0.3, 0.4) is 0 Å². The third kappa shape index (κ3) is 3.54. The summed E-state index contributed by atoms with van der Waals surface area (Å²) in [5.41, 5.74) is 5.68. The van der Waals surface area contributed by atoms with Gasteiger partial charge in [0.2, 0.25) is 0 Å². The second-order valence-corrected chi connectivity index (χ2v) is 4.78. The van der Waals surface area contributed by atoms with Gasteiger partial charge in [-0.2, -0.15) is 0 Å². The number of carbonyl (C=O) groups is 2. The van der Waals surface area contributed by atoms with E-state index in [0.717, 1.165) is 18.4 Å². The highest BCUT2D eigenvalue weighted by atomic mass is 16.7. The Labute approximate surface area is 111 Å². The third-order valence-corrected chi connectivity index (χ3v) is 3.28. The first-order valence-electron chi connectivity index (χ1n) is 6.32. The van der Waals surface area contributed by atoms with Crippen molar-refractivity contribution in [1.82, 2.24) is 0 Å². The average Bonchev–Trinajstić information content (AvgIpc) is 2.86. The molecule has 1 aliphatic carbocycles. The molecule has 1 aromatic rings. The molecule has 0 bridgehead atoms. The number of carbonyl (C=O) groups excluding carboxylic acids is 2. The molecule has 1 aliphatic rings. The lowest BCUT2D eigenvalue weighted by molar-refractivity contribution is -0.146. The molecule has 0 unspecified atom stereocenters. The van der Waals surface area contributed by atoms with Crippen LogP contribution in [0, 0.1) is 0 Å². The molecule has 1 aromatic carbocycles. The molecule has 0 atom stereocenters.